The molecule has 0 spiro atoms. The Morgan fingerprint density at radius 2 is 1.90 bits per heavy atom. The second-order valence-electron chi connectivity index (χ2n) is 8.61. The summed E-state index contributed by atoms with van der Waals surface area (Å²) in [6.45, 7) is 5.76. The molecule has 1 heterocycles. The van der Waals surface area contributed by atoms with Crippen LogP contribution in [-0.2, 0) is 21.4 Å². The van der Waals surface area contributed by atoms with Crippen LogP contribution in [0.15, 0.2) is 42.5 Å². The van der Waals surface area contributed by atoms with Crippen LogP contribution in [0.5, 0.6) is 11.5 Å². The van der Waals surface area contributed by atoms with E-state index in [1.807, 2.05) is 63.2 Å². The molecule has 0 aliphatic carbocycles. The first-order valence-corrected chi connectivity index (χ1v) is 12.0. The molecule has 2 aromatic carbocycles. The second kappa shape index (κ2) is 8.88. The third kappa shape index (κ3) is 5.98. The summed E-state index contributed by atoms with van der Waals surface area (Å²) in [7, 11) is -1.99. The molecule has 2 aromatic rings. The van der Waals surface area contributed by atoms with Gasteiger partial charge in [-0.2, -0.15) is 4.31 Å². The molecular weight excluding hydrogens is 416 g/mol. The van der Waals surface area contributed by atoms with Gasteiger partial charge in [-0.25, -0.2) is 8.42 Å². The second-order valence-corrected chi connectivity index (χ2v) is 10.6. The average molecular weight is 447 g/mol. The van der Waals surface area contributed by atoms with Crippen molar-refractivity contribution in [2.75, 3.05) is 19.9 Å². The number of ether oxygens (including phenoxy) is 2. The average Bonchev–Trinajstić information content (AvgIpc) is 2.67. The molecule has 7 nitrogen and oxygen atoms in total. The number of fused-ring (bicyclic) bond motifs is 1. The molecule has 0 bridgehead atoms. The van der Waals surface area contributed by atoms with Gasteiger partial charge in [0.2, 0.25) is 15.9 Å². The van der Waals surface area contributed by atoms with E-state index in [-0.39, 0.29) is 25.0 Å². The first-order valence-electron chi connectivity index (χ1n) is 10.1. The minimum atomic E-state index is -3.58. The molecule has 0 saturated carbocycles. The summed E-state index contributed by atoms with van der Waals surface area (Å²) in [5, 5.41) is 3.00. The third-order valence-electron chi connectivity index (χ3n) is 5.28. The van der Waals surface area contributed by atoms with Crippen molar-refractivity contribution in [2.24, 2.45) is 0 Å². The van der Waals surface area contributed by atoms with Gasteiger partial charge < -0.3 is 14.8 Å². The zero-order valence-electron chi connectivity index (χ0n) is 18.6. The van der Waals surface area contributed by atoms with Crippen LogP contribution in [0.2, 0.25) is 0 Å². The van der Waals surface area contributed by atoms with E-state index < -0.39 is 15.6 Å². The first kappa shape index (κ1) is 23.1. The highest BCUT2D eigenvalue weighted by molar-refractivity contribution is 7.88. The predicted octanol–water partition coefficient (Wildman–Crippen LogP) is 3.18. The Hall–Kier alpha value is -2.58. The van der Waals surface area contributed by atoms with Gasteiger partial charge in [-0.3, -0.25) is 4.79 Å². The summed E-state index contributed by atoms with van der Waals surface area (Å²) in [4.78, 5) is 12.9. The van der Waals surface area contributed by atoms with E-state index in [0.717, 1.165) is 22.9 Å². The Bertz CT molecular complexity index is 1050. The summed E-state index contributed by atoms with van der Waals surface area (Å²) in [5.74, 6) is 0.981. The zero-order valence-corrected chi connectivity index (χ0v) is 19.5. The SMILES string of the molecule is COc1ccc2c(c1)C(NC(=O)CN(Cc1ccc(C)cc1)S(C)(=O)=O)CC(C)(C)O2. The molecule has 0 saturated heterocycles. The molecule has 3 rings (SSSR count). The van der Waals surface area contributed by atoms with Gasteiger partial charge >= 0.3 is 0 Å². The maximum absolute atomic E-state index is 12.9. The monoisotopic (exact) mass is 446 g/mol. The fourth-order valence-electron chi connectivity index (χ4n) is 3.68. The molecule has 1 aliphatic heterocycles. The maximum Gasteiger partial charge on any atom is 0.235 e. The Morgan fingerprint density at radius 3 is 2.52 bits per heavy atom. The van der Waals surface area contributed by atoms with Gasteiger partial charge in [0.25, 0.3) is 0 Å². The highest BCUT2D eigenvalue weighted by Crippen LogP contribution is 2.41. The van der Waals surface area contributed by atoms with Gasteiger partial charge in [-0.1, -0.05) is 29.8 Å². The largest absolute Gasteiger partial charge is 0.497 e. The molecule has 0 radical (unpaired) electrons. The van der Waals surface area contributed by atoms with Crippen LogP contribution >= 0.6 is 0 Å². The Labute approximate surface area is 184 Å². The Kier molecular flexibility index (Phi) is 6.62. The number of nitrogens with zero attached hydrogens (tertiary/aromatic N) is 1. The predicted molar refractivity (Wildman–Crippen MR) is 120 cm³/mol. The van der Waals surface area contributed by atoms with Crippen molar-refractivity contribution in [3.05, 3.63) is 59.2 Å². The van der Waals surface area contributed by atoms with Crippen LogP contribution in [0, 0.1) is 6.92 Å². The van der Waals surface area contributed by atoms with Crippen molar-refractivity contribution in [3.8, 4) is 11.5 Å². The minimum absolute atomic E-state index is 0.135. The van der Waals surface area contributed by atoms with Crippen LogP contribution < -0.4 is 14.8 Å². The molecular formula is C23H30N2O5S. The number of amides is 1. The highest BCUT2D eigenvalue weighted by Gasteiger charge is 2.35. The zero-order chi connectivity index (χ0) is 22.8. The van der Waals surface area contributed by atoms with E-state index in [1.54, 1.807) is 7.11 Å². The molecule has 31 heavy (non-hydrogen) atoms. The molecule has 1 amide bonds. The molecule has 0 fully saturated rings. The summed E-state index contributed by atoms with van der Waals surface area (Å²) in [6, 6.07) is 12.7. The normalized spacial score (nSPS) is 17.5. The summed E-state index contributed by atoms with van der Waals surface area (Å²) in [5.41, 5.74) is 2.25. The lowest BCUT2D eigenvalue weighted by Gasteiger charge is -2.38. The van der Waals surface area contributed by atoms with Crippen LogP contribution in [0.3, 0.4) is 0 Å². The maximum atomic E-state index is 12.9. The van der Waals surface area contributed by atoms with Gasteiger partial charge in [0.1, 0.15) is 17.1 Å². The molecule has 168 valence electrons. The number of benzene rings is 2. The Balaban J connectivity index is 1.78. The van der Waals surface area contributed by atoms with Crippen LogP contribution in [0.25, 0.3) is 0 Å². The Morgan fingerprint density at radius 1 is 1.23 bits per heavy atom. The fraction of sp³-hybridized carbons (Fsp3) is 0.435. The summed E-state index contributed by atoms with van der Waals surface area (Å²) >= 11 is 0. The first-order chi connectivity index (χ1) is 14.5. The van der Waals surface area contributed by atoms with E-state index in [0.29, 0.717) is 17.9 Å². The topological polar surface area (TPSA) is 84.9 Å². The van der Waals surface area contributed by atoms with Crippen molar-refractivity contribution >= 4 is 15.9 Å². The minimum Gasteiger partial charge on any atom is -0.497 e. The van der Waals surface area contributed by atoms with E-state index in [9.17, 15) is 13.2 Å². The van der Waals surface area contributed by atoms with Crippen LogP contribution in [0.1, 0.15) is 43.0 Å². The number of nitrogens with one attached hydrogen (secondary N) is 1. The number of methoxy groups -OCH3 is 1. The summed E-state index contributed by atoms with van der Waals surface area (Å²) in [6.07, 6.45) is 1.67. The highest BCUT2D eigenvalue weighted by atomic mass is 32.2. The number of rotatable bonds is 7. The van der Waals surface area contributed by atoms with Gasteiger partial charge in [0.05, 0.1) is 26.0 Å². The van der Waals surface area contributed by atoms with Gasteiger partial charge in [-0.05, 0) is 44.5 Å². The van der Waals surface area contributed by atoms with E-state index in [1.165, 1.54) is 4.31 Å². The summed E-state index contributed by atoms with van der Waals surface area (Å²) < 4.78 is 37.2. The molecule has 1 unspecified atom stereocenters. The molecule has 1 atom stereocenters. The van der Waals surface area contributed by atoms with Crippen molar-refractivity contribution in [1.82, 2.24) is 9.62 Å². The lowest BCUT2D eigenvalue weighted by atomic mass is 9.89. The number of carbonyl (C=O) groups excluding carboxylic acids is 1. The smallest absolute Gasteiger partial charge is 0.235 e. The van der Waals surface area contributed by atoms with E-state index in [2.05, 4.69) is 5.32 Å². The molecule has 1 N–H and O–H groups in total. The van der Waals surface area contributed by atoms with E-state index >= 15 is 0 Å². The van der Waals surface area contributed by atoms with Crippen molar-refractivity contribution in [1.29, 1.82) is 0 Å². The molecule has 1 aliphatic rings. The van der Waals surface area contributed by atoms with Gasteiger partial charge in [0.15, 0.2) is 0 Å². The fourth-order valence-corrected chi connectivity index (χ4v) is 4.41. The van der Waals surface area contributed by atoms with Crippen LogP contribution in [-0.4, -0.2) is 44.1 Å². The number of hydrogen-bond acceptors (Lipinski definition) is 5. The van der Waals surface area contributed by atoms with Gasteiger partial charge in [0, 0.05) is 18.5 Å². The van der Waals surface area contributed by atoms with Crippen molar-refractivity contribution in [2.45, 2.75) is 45.4 Å². The van der Waals surface area contributed by atoms with Crippen molar-refractivity contribution < 1.29 is 22.7 Å². The lowest BCUT2D eigenvalue weighted by molar-refractivity contribution is -0.122. The number of carbonyl (C=O) groups is 1. The van der Waals surface area contributed by atoms with Crippen molar-refractivity contribution in [3.63, 3.8) is 0 Å². The molecule has 0 aromatic heterocycles. The van der Waals surface area contributed by atoms with E-state index in [4.69, 9.17) is 9.47 Å². The number of sulfonamides is 1. The lowest BCUT2D eigenvalue weighted by Crippen LogP contribution is -2.45. The number of aryl methyl sites for hydroxylation is 1. The van der Waals surface area contributed by atoms with Gasteiger partial charge in [-0.15, -0.1) is 0 Å². The van der Waals surface area contributed by atoms with Crippen LogP contribution in [0.4, 0.5) is 0 Å². The number of hydrogen-bond donors (Lipinski definition) is 1. The standard InChI is InChI=1S/C23H30N2O5S/c1-16-6-8-17(9-7-16)14-25(31(5,27)28)15-22(26)24-20-13-23(2,3)30-21-11-10-18(29-4)12-19(20)21/h6-12,20H,13-15H2,1-5H3,(H,24,26). The third-order valence-corrected chi connectivity index (χ3v) is 6.47. The quantitative estimate of drug-likeness (QED) is 0.706. The molecule has 8 heteroatoms.